The summed E-state index contributed by atoms with van der Waals surface area (Å²) in [6, 6.07) is 7.47. The van der Waals surface area contributed by atoms with Crippen molar-refractivity contribution in [2.24, 2.45) is 0 Å². The molecule has 1 aromatic carbocycles. The van der Waals surface area contributed by atoms with Gasteiger partial charge in [-0.15, -0.1) is 16.9 Å². The number of anilines is 1. The predicted molar refractivity (Wildman–Crippen MR) is 79.2 cm³/mol. The summed E-state index contributed by atoms with van der Waals surface area (Å²) in [5.74, 6) is 0.686. The molecule has 1 aromatic heterocycles. The Kier molecular flexibility index (Phi) is 5.03. The topological polar surface area (TPSA) is 68.0 Å². The van der Waals surface area contributed by atoms with Gasteiger partial charge in [-0.1, -0.05) is 36.6 Å². The van der Waals surface area contributed by atoms with Crippen LogP contribution in [0.15, 0.2) is 33.6 Å². The molecule has 0 unspecified atom stereocenters. The van der Waals surface area contributed by atoms with Crippen LogP contribution < -0.4 is 5.32 Å². The van der Waals surface area contributed by atoms with Crippen LogP contribution >= 0.6 is 23.4 Å². The highest BCUT2D eigenvalue weighted by Crippen LogP contribution is 2.22. The fraction of sp³-hybridized carbons (Fsp3) is 0.308. The van der Waals surface area contributed by atoms with Crippen molar-refractivity contribution in [1.82, 2.24) is 10.2 Å². The highest BCUT2D eigenvalue weighted by molar-refractivity contribution is 8.00. The number of hydrogen-bond donors (Lipinski definition) is 1. The summed E-state index contributed by atoms with van der Waals surface area (Å²) in [5, 5.41) is 10.8. The summed E-state index contributed by atoms with van der Waals surface area (Å²) in [5.41, 5.74) is 0. The summed E-state index contributed by atoms with van der Waals surface area (Å²) in [4.78, 5) is 12.7. The predicted octanol–water partition coefficient (Wildman–Crippen LogP) is 3.58. The maximum Gasteiger partial charge on any atom is 0.322 e. The average Bonchev–Trinajstić information content (AvgIpc) is 2.85. The van der Waals surface area contributed by atoms with E-state index in [0.717, 1.165) is 4.90 Å². The molecule has 1 amide bonds. The molecule has 1 heterocycles. The van der Waals surface area contributed by atoms with E-state index >= 15 is 0 Å². The fourth-order valence-electron chi connectivity index (χ4n) is 1.38. The second-order valence-corrected chi connectivity index (χ2v) is 5.88. The molecule has 7 heteroatoms. The summed E-state index contributed by atoms with van der Waals surface area (Å²) in [7, 11) is 0. The van der Waals surface area contributed by atoms with Gasteiger partial charge in [0.2, 0.25) is 11.8 Å². The lowest BCUT2D eigenvalue weighted by atomic mass is 10.2. The number of nitrogens with one attached hydrogen (secondary N) is 1. The van der Waals surface area contributed by atoms with Crippen LogP contribution in [0.25, 0.3) is 0 Å². The van der Waals surface area contributed by atoms with Gasteiger partial charge in [-0.3, -0.25) is 10.1 Å². The van der Waals surface area contributed by atoms with Gasteiger partial charge in [0.15, 0.2) is 0 Å². The summed E-state index contributed by atoms with van der Waals surface area (Å²) in [6.45, 7) is 3.88. The minimum atomic E-state index is -0.200. The van der Waals surface area contributed by atoms with E-state index in [-0.39, 0.29) is 23.6 Å². The molecule has 0 aliphatic rings. The third-order valence-electron chi connectivity index (χ3n) is 2.35. The zero-order valence-corrected chi connectivity index (χ0v) is 12.7. The zero-order chi connectivity index (χ0) is 14.5. The minimum absolute atomic E-state index is 0.130. The van der Waals surface area contributed by atoms with Crippen LogP contribution in [0.1, 0.15) is 25.7 Å². The lowest BCUT2D eigenvalue weighted by molar-refractivity contribution is -0.113. The standard InChI is InChI=1S/C13H14ClN3O2S/c1-8(2)12-16-17-13(19-12)15-11(18)7-20-10-5-3-4-9(14)6-10/h3-6,8H,7H2,1-2H3,(H,15,17,18). The van der Waals surface area contributed by atoms with E-state index in [1.165, 1.54) is 11.8 Å². The van der Waals surface area contributed by atoms with Crippen molar-refractivity contribution < 1.29 is 9.21 Å². The molecule has 0 saturated carbocycles. The Morgan fingerprint density at radius 3 is 2.90 bits per heavy atom. The van der Waals surface area contributed by atoms with Gasteiger partial charge in [0.05, 0.1) is 5.75 Å². The molecule has 0 fully saturated rings. The number of thioether (sulfide) groups is 1. The van der Waals surface area contributed by atoms with Gasteiger partial charge in [0, 0.05) is 15.8 Å². The van der Waals surface area contributed by atoms with Crippen molar-refractivity contribution >= 4 is 35.3 Å². The van der Waals surface area contributed by atoms with Crippen molar-refractivity contribution in [3.8, 4) is 0 Å². The van der Waals surface area contributed by atoms with E-state index in [1.807, 2.05) is 32.0 Å². The van der Waals surface area contributed by atoms with Crippen molar-refractivity contribution in [3.63, 3.8) is 0 Å². The molecule has 2 aromatic rings. The summed E-state index contributed by atoms with van der Waals surface area (Å²) in [6.07, 6.45) is 0. The first-order chi connectivity index (χ1) is 9.54. The molecule has 0 aliphatic carbocycles. The number of carbonyl (C=O) groups is 1. The monoisotopic (exact) mass is 311 g/mol. The smallest absolute Gasteiger partial charge is 0.322 e. The first kappa shape index (κ1) is 14.9. The quantitative estimate of drug-likeness (QED) is 0.855. The van der Waals surface area contributed by atoms with Gasteiger partial charge < -0.3 is 4.42 Å². The number of nitrogens with zero attached hydrogens (tertiary/aromatic N) is 2. The van der Waals surface area contributed by atoms with E-state index in [0.29, 0.717) is 10.9 Å². The van der Waals surface area contributed by atoms with Crippen LogP contribution in [0, 0.1) is 0 Å². The maximum atomic E-state index is 11.8. The van der Waals surface area contributed by atoms with Gasteiger partial charge in [0.25, 0.3) is 0 Å². The number of rotatable bonds is 5. The van der Waals surface area contributed by atoms with Crippen molar-refractivity contribution in [2.45, 2.75) is 24.7 Å². The Morgan fingerprint density at radius 1 is 1.45 bits per heavy atom. The molecule has 0 aliphatic heterocycles. The fourth-order valence-corrected chi connectivity index (χ4v) is 2.39. The average molecular weight is 312 g/mol. The highest BCUT2D eigenvalue weighted by atomic mass is 35.5. The number of benzene rings is 1. The molecule has 0 bridgehead atoms. The summed E-state index contributed by atoms with van der Waals surface area (Å²) >= 11 is 7.26. The molecule has 106 valence electrons. The number of carbonyl (C=O) groups excluding carboxylic acids is 1. The second-order valence-electron chi connectivity index (χ2n) is 4.39. The SMILES string of the molecule is CC(C)c1nnc(NC(=O)CSc2cccc(Cl)c2)o1. The number of halogens is 1. The van der Waals surface area contributed by atoms with E-state index in [2.05, 4.69) is 15.5 Å². The van der Waals surface area contributed by atoms with Crippen LogP contribution in [0.2, 0.25) is 5.02 Å². The Labute approximate surface area is 126 Å². The van der Waals surface area contributed by atoms with E-state index in [9.17, 15) is 4.79 Å². The Balaban J connectivity index is 1.86. The normalized spacial score (nSPS) is 10.8. The second kappa shape index (κ2) is 6.76. The Bertz CT molecular complexity index is 601. The molecule has 0 spiro atoms. The van der Waals surface area contributed by atoms with Crippen molar-refractivity contribution in [3.05, 3.63) is 35.2 Å². The number of aromatic nitrogens is 2. The first-order valence-electron chi connectivity index (χ1n) is 6.06. The lowest BCUT2D eigenvalue weighted by Crippen LogP contribution is -2.14. The molecular weight excluding hydrogens is 298 g/mol. The van der Waals surface area contributed by atoms with Gasteiger partial charge in [0.1, 0.15) is 0 Å². The van der Waals surface area contributed by atoms with Crippen molar-refractivity contribution in [2.75, 3.05) is 11.1 Å². The molecule has 20 heavy (non-hydrogen) atoms. The molecule has 1 N–H and O–H groups in total. The molecule has 2 rings (SSSR count). The van der Waals surface area contributed by atoms with Gasteiger partial charge in [-0.05, 0) is 18.2 Å². The van der Waals surface area contributed by atoms with Crippen LogP contribution in [-0.4, -0.2) is 21.9 Å². The van der Waals surface area contributed by atoms with Gasteiger partial charge in [-0.2, -0.15) is 0 Å². The largest absolute Gasteiger partial charge is 0.408 e. The van der Waals surface area contributed by atoms with Crippen LogP contribution in [-0.2, 0) is 4.79 Å². The Morgan fingerprint density at radius 2 is 2.25 bits per heavy atom. The van der Waals surface area contributed by atoms with Crippen LogP contribution in [0.4, 0.5) is 6.01 Å². The van der Waals surface area contributed by atoms with Crippen molar-refractivity contribution in [1.29, 1.82) is 0 Å². The van der Waals surface area contributed by atoms with E-state index < -0.39 is 0 Å². The Hall–Kier alpha value is -1.53. The first-order valence-corrected chi connectivity index (χ1v) is 7.42. The minimum Gasteiger partial charge on any atom is -0.408 e. The molecule has 0 radical (unpaired) electrons. The van der Waals surface area contributed by atoms with Gasteiger partial charge >= 0.3 is 6.01 Å². The summed E-state index contributed by atoms with van der Waals surface area (Å²) < 4.78 is 5.30. The van der Waals surface area contributed by atoms with E-state index in [4.69, 9.17) is 16.0 Å². The number of hydrogen-bond acceptors (Lipinski definition) is 5. The van der Waals surface area contributed by atoms with E-state index in [1.54, 1.807) is 6.07 Å². The third kappa shape index (κ3) is 4.25. The van der Waals surface area contributed by atoms with Crippen LogP contribution in [0.3, 0.4) is 0 Å². The molecular formula is C13H14ClN3O2S. The molecule has 0 saturated heterocycles. The maximum absolute atomic E-state index is 11.8. The number of amides is 1. The zero-order valence-electron chi connectivity index (χ0n) is 11.1. The van der Waals surface area contributed by atoms with Crippen LogP contribution in [0.5, 0.6) is 0 Å². The highest BCUT2D eigenvalue weighted by Gasteiger charge is 2.12. The molecule has 0 atom stereocenters. The van der Waals surface area contributed by atoms with Gasteiger partial charge in [-0.25, -0.2) is 0 Å². The lowest BCUT2D eigenvalue weighted by Gasteiger charge is -2.02. The third-order valence-corrected chi connectivity index (χ3v) is 3.58. The molecule has 5 nitrogen and oxygen atoms in total.